The summed E-state index contributed by atoms with van der Waals surface area (Å²) in [5.74, 6) is 0.608. The number of aromatic nitrogens is 2. The SMILES string of the molecule is O=c1[nH]c2ccc(-c3ccncc3)cc2c(OC[C@@H]2CC=CC=N2)c1-c1cccs1. The Balaban J connectivity index is 1.66. The van der Waals surface area contributed by atoms with Crippen LogP contribution in [0.25, 0.3) is 32.5 Å². The van der Waals surface area contributed by atoms with E-state index in [9.17, 15) is 4.79 Å². The van der Waals surface area contributed by atoms with Gasteiger partial charge in [-0.05, 0) is 59.3 Å². The van der Waals surface area contributed by atoms with Gasteiger partial charge in [-0.25, -0.2) is 0 Å². The van der Waals surface area contributed by atoms with Crippen LogP contribution in [0.2, 0.25) is 0 Å². The van der Waals surface area contributed by atoms with Crippen molar-refractivity contribution in [2.75, 3.05) is 6.61 Å². The molecule has 0 spiro atoms. The van der Waals surface area contributed by atoms with E-state index < -0.39 is 0 Å². The van der Waals surface area contributed by atoms with E-state index in [1.54, 1.807) is 18.6 Å². The molecule has 0 saturated carbocycles. The topological polar surface area (TPSA) is 67.3 Å². The van der Waals surface area contributed by atoms with Crippen molar-refractivity contribution in [2.24, 2.45) is 4.99 Å². The van der Waals surface area contributed by atoms with Crippen LogP contribution in [0.3, 0.4) is 0 Å². The molecule has 3 aromatic heterocycles. The Morgan fingerprint density at radius 1 is 1.13 bits per heavy atom. The summed E-state index contributed by atoms with van der Waals surface area (Å²) in [5, 5.41) is 2.84. The van der Waals surface area contributed by atoms with Gasteiger partial charge in [0.15, 0.2) is 0 Å². The second-order valence-electron chi connectivity index (χ2n) is 7.06. The second kappa shape index (κ2) is 8.08. The number of ether oxygens (including phenoxy) is 1. The summed E-state index contributed by atoms with van der Waals surface area (Å²) in [4.78, 5) is 25.5. The number of aromatic amines is 1. The molecule has 1 aliphatic rings. The van der Waals surface area contributed by atoms with E-state index in [0.717, 1.165) is 33.3 Å². The summed E-state index contributed by atoms with van der Waals surface area (Å²) in [7, 11) is 0. The molecule has 4 aromatic rings. The van der Waals surface area contributed by atoms with Crippen LogP contribution in [0.15, 0.2) is 82.2 Å². The van der Waals surface area contributed by atoms with Crippen molar-refractivity contribution >= 4 is 28.5 Å². The lowest BCUT2D eigenvalue weighted by molar-refractivity contribution is 0.294. The van der Waals surface area contributed by atoms with Gasteiger partial charge in [-0.3, -0.25) is 14.8 Å². The summed E-state index contributed by atoms with van der Waals surface area (Å²) in [6, 6.07) is 13.9. The predicted octanol–water partition coefficient (Wildman–Crippen LogP) is 5.10. The fourth-order valence-electron chi connectivity index (χ4n) is 3.60. The third-order valence-corrected chi connectivity index (χ3v) is 5.98. The lowest BCUT2D eigenvalue weighted by Crippen LogP contribution is -2.19. The number of nitrogens with zero attached hydrogens (tertiary/aromatic N) is 2. The minimum absolute atomic E-state index is 0.0453. The molecule has 6 heteroatoms. The van der Waals surface area contributed by atoms with Gasteiger partial charge in [0.25, 0.3) is 5.56 Å². The van der Waals surface area contributed by atoms with Crippen molar-refractivity contribution in [1.82, 2.24) is 9.97 Å². The van der Waals surface area contributed by atoms with E-state index in [2.05, 4.69) is 27.1 Å². The molecule has 0 bridgehead atoms. The molecule has 0 radical (unpaired) electrons. The molecule has 0 saturated heterocycles. The van der Waals surface area contributed by atoms with E-state index in [-0.39, 0.29) is 11.6 Å². The van der Waals surface area contributed by atoms with Gasteiger partial charge < -0.3 is 9.72 Å². The number of pyridine rings is 2. The third kappa shape index (κ3) is 3.57. The van der Waals surface area contributed by atoms with Crippen molar-refractivity contribution in [1.29, 1.82) is 0 Å². The molecule has 30 heavy (non-hydrogen) atoms. The number of benzene rings is 1. The van der Waals surface area contributed by atoms with Crippen molar-refractivity contribution in [2.45, 2.75) is 12.5 Å². The molecule has 1 aliphatic heterocycles. The standard InChI is InChI=1S/C24H19N3O2S/c28-24-22(21-5-3-13-30-21)23(29-15-18-4-1-2-10-26-18)19-14-17(6-7-20(19)27-24)16-8-11-25-12-9-16/h1-3,5-14,18H,4,15H2,(H,27,28)/t18-/m0/s1. The smallest absolute Gasteiger partial charge is 0.260 e. The van der Waals surface area contributed by atoms with Gasteiger partial charge in [-0.15, -0.1) is 11.3 Å². The Labute approximate surface area is 177 Å². The highest BCUT2D eigenvalue weighted by Crippen LogP contribution is 2.37. The van der Waals surface area contributed by atoms with Crippen LogP contribution in [-0.4, -0.2) is 28.8 Å². The summed E-state index contributed by atoms with van der Waals surface area (Å²) in [5.41, 5.74) is 3.27. The summed E-state index contributed by atoms with van der Waals surface area (Å²) < 4.78 is 6.31. The number of dihydropyridines is 1. The average Bonchev–Trinajstić information content (AvgIpc) is 3.32. The highest BCUT2D eigenvalue weighted by molar-refractivity contribution is 7.13. The summed E-state index contributed by atoms with van der Waals surface area (Å²) in [6.07, 6.45) is 10.2. The molecule has 1 atom stereocenters. The Morgan fingerprint density at radius 3 is 2.80 bits per heavy atom. The number of thiophene rings is 1. The van der Waals surface area contributed by atoms with Gasteiger partial charge in [0.2, 0.25) is 0 Å². The predicted molar refractivity (Wildman–Crippen MR) is 123 cm³/mol. The number of aliphatic imine (C=N–C) groups is 1. The number of H-pyrrole nitrogens is 1. The lowest BCUT2D eigenvalue weighted by atomic mass is 10.0. The molecule has 0 aliphatic carbocycles. The molecule has 5 rings (SSSR count). The van der Waals surface area contributed by atoms with Crippen molar-refractivity contribution in [3.63, 3.8) is 0 Å². The highest BCUT2D eigenvalue weighted by Gasteiger charge is 2.19. The molecule has 1 aromatic carbocycles. The van der Waals surface area contributed by atoms with Gasteiger partial charge >= 0.3 is 0 Å². The maximum Gasteiger partial charge on any atom is 0.260 e. The molecular formula is C24H19N3O2S. The Morgan fingerprint density at radius 2 is 2.03 bits per heavy atom. The van der Waals surface area contributed by atoms with E-state index >= 15 is 0 Å². The number of rotatable bonds is 5. The van der Waals surface area contributed by atoms with Gasteiger partial charge in [0.05, 0.1) is 17.1 Å². The molecule has 0 amide bonds. The average molecular weight is 414 g/mol. The molecule has 0 fully saturated rings. The quantitative estimate of drug-likeness (QED) is 0.495. The van der Waals surface area contributed by atoms with Gasteiger partial charge in [-0.1, -0.05) is 18.2 Å². The first-order valence-electron chi connectivity index (χ1n) is 9.75. The lowest BCUT2D eigenvalue weighted by Gasteiger charge is -2.18. The second-order valence-corrected chi connectivity index (χ2v) is 8.01. The maximum absolute atomic E-state index is 13.0. The Bertz CT molecular complexity index is 1290. The first-order chi connectivity index (χ1) is 14.8. The first-order valence-corrected chi connectivity index (χ1v) is 10.6. The van der Waals surface area contributed by atoms with Crippen LogP contribution in [0.5, 0.6) is 5.75 Å². The molecule has 4 heterocycles. The minimum Gasteiger partial charge on any atom is -0.490 e. The minimum atomic E-state index is -0.149. The van der Waals surface area contributed by atoms with Gasteiger partial charge in [0.1, 0.15) is 12.4 Å². The van der Waals surface area contributed by atoms with Crippen LogP contribution >= 0.6 is 11.3 Å². The van der Waals surface area contributed by atoms with Crippen LogP contribution in [0, 0.1) is 0 Å². The zero-order valence-corrected chi connectivity index (χ0v) is 16.9. The van der Waals surface area contributed by atoms with E-state index in [0.29, 0.717) is 17.9 Å². The van der Waals surface area contributed by atoms with Gasteiger partial charge in [0, 0.05) is 28.9 Å². The number of fused-ring (bicyclic) bond motifs is 1. The normalized spacial score (nSPS) is 15.5. The molecule has 148 valence electrons. The Hall–Kier alpha value is -3.51. The number of nitrogens with one attached hydrogen (secondary N) is 1. The zero-order chi connectivity index (χ0) is 20.3. The molecule has 1 N–H and O–H groups in total. The van der Waals surface area contributed by atoms with Crippen LogP contribution < -0.4 is 10.3 Å². The molecular weight excluding hydrogens is 394 g/mol. The molecule has 5 nitrogen and oxygen atoms in total. The number of hydrogen-bond acceptors (Lipinski definition) is 5. The van der Waals surface area contributed by atoms with E-state index in [4.69, 9.17) is 4.74 Å². The summed E-state index contributed by atoms with van der Waals surface area (Å²) >= 11 is 1.53. The largest absolute Gasteiger partial charge is 0.490 e. The van der Waals surface area contributed by atoms with E-state index in [1.165, 1.54) is 11.3 Å². The van der Waals surface area contributed by atoms with Gasteiger partial charge in [-0.2, -0.15) is 0 Å². The fraction of sp³-hybridized carbons (Fsp3) is 0.125. The fourth-order valence-corrected chi connectivity index (χ4v) is 4.37. The zero-order valence-electron chi connectivity index (χ0n) is 16.1. The highest BCUT2D eigenvalue weighted by atomic mass is 32.1. The van der Waals surface area contributed by atoms with Crippen molar-refractivity contribution < 1.29 is 4.74 Å². The number of hydrogen-bond donors (Lipinski definition) is 1. The Kier molecular flexibility index (Phi) is 4.99. The number of allylic oxidation sites excluding steroid dienone is 1. The van der Waals surface area contributed by atoms with Crippen molar-refractivity contribution in [3.8, 4) is 27.3 Å². The van der Waals surface area contributed by atoms with Crippen LogP contribution in [0.1, 0.15) is 6.42 Å². The molecule has 0 unspecified atom stereocenters. The monoisotopic (exact) mass is 413 g/mol. The van der Waals surface area contributed by atoms with Crippen molar-refractivity contribution in [3.05, 3.63) is 82.7 Å². The van der Waals surface area contributed by atoms with Crippen LogP contribution in [0.4, 0.5) is 0 Å². The maximum atomic E-state index is 13.0. The third-order valence-electron chi connectivity index (χ3n) is 5.09. The van der Waals surface area contributed by atoms with E-state index in [1.807, 2.05) is 47.9 Å². The first kappa shape index (κ1) is 18.5. The van der Waals surface area contributed by atoms with Crippen LogP contribution in [-0.2, 0) is 0 Å². The summed E-state index contributed by atoms with van der Waals surface area (Å²) in [6.45, 7) is 0.414.